The summed E-state index contributed by atoms with van der Waals surface area (Å²) in [6.07, 6.45) is -2.34. The van der Waals surface area contributed by atoms with Crippen molar-refractivity contribution in [3.8, 4) is 0 Å². The Labute approximate surface area is 53.0 Å². The van der Waals surface area contributed by atoms with Crippen LogP contribution in [0.4, 0.5) is 0 Å². The molecule has 1 rings (SSSR count). The quantitative estimate of drug-likeness (QED) is 0.468. The second kappa shape index (κ2) is 2.62. The molecular formula is C5H10O4. The van der Waals surface area contributed by atoms with E-state index in [9.17, 15) is 0 Å². The second-order valence-electron chi connectivity index (χ2n) is 2.00. The molecule has 3 atom stereocenters. The van der Waals surface area contributed by atoms with Crippen LogP contribution >= 0.6 is 0 Å². The van der Waals surface area contributed by atoms with E-state index in [4.69, 9.17) is 14.9 Å². The smallest absolute Gasteiger partial charge is 0.185 e. The van der Waals surface area contributed by atoms with E-state index in [0.717, 1.165) is 0 Å². The topological polar surface area (TPSA) is 58.9 Å². The van der Waals surface area contributed by atoms with E-state index in [1.165, 1.54) is 7.11 Å². The summed E-state index contributed by atoms with van der Waals surface area (Å²) in [7, 11) is 1.42. The Morgan fingerprint density at radius 2 is 2.22 bits per heavy atom. The van der Waals surface area contributed by atoms with E-state index in [1.807, 2.05) is 0 Å². The molecule has 1 aliphatic rings. The standard InChI is InChI=1S/C5H10O4/c1-8-5-4(7)3(6)2-9-5/h3-7H,2H2,1H3/t3-,4-,5-/m1/s1. The predicted molar refractivity (Wildman–Crippen MR) is 28.8 cm³/mol. The van der Waals surface area contributed by atoms with Gasteiger partial charge in [-0.15, -0.1) is 0 Å². The lowest BCUT2D eigenvalue weighted by Crippen LogP contribution is -2.30. The zero-order valence-corrected chi connectivity index (χ0v) is 5.15. The zero-order valence-electron chi connectivity index (χ0n) is 5.15. The van der Waals surface area contributed by atoms with Crippen LogP contribution in [0.5, 0.6) is 0 Å². The first-order chi connectivity index (χ1) is 4.25. The van der Waals surface area contributed by atoms with Crippen molar-refractivity contribution in [1.29, 1.82) is 0 Å². The number of hydrogen-bond donors (Lipinski definition) is 2. The molecule has 0 aromatic carbocycles. The highest BCUT2D eigenvalue weighted by Crippen LogP contribution is 2.13. The van der Waals surface area contributed by atoms with E-state index in [1.54, 1.807) is 0 Å². The highest BCUT2D eigenvalue weighted by Gasteiger charge is 2.34. The minimum atomic E-state index is -0.894. The van der Waals surface area contributed by atoms with Crippen LogP contribution in [0.2, 0.25) is 0 Å². The van der Waals surface area contributed by atoms with Gasteiger partial charge in [0.2, 0.25) is 0 Å². The van der Waals surface area contributed by atoms with Crippen molar-refractivity contribution >= 4 is 0 Å². The van der Waals surface area contributed by atoms with Crippen molar-refractivity contribution in [3.05, 3.63) is 0 Å². The fourth-order valence-electron chi connectivity index (χ4n) is 0.779. The van der Waals surface area contributed by atoms with Gasteiger partial charge in [-0.2, -0.15) is 0 Å². The molecule has 0 radical (unpaired) electrons. The Balaban J connectivity index is 2.41. The summed E-state index contributed by atoms with van der Waals surface area (Å²) in [5.74, 6) is 0. The lowest BCUT2D eigenvalue weighted by atomic mass is 10.2. The molecule has 1 fully saturated rings. The molecular weight excluding hydrogens is 124 g/mol. The van der Waals surface area contributed by atoms with Gasteiger partial charge in [0, 0.05) is 7.11 Å². The van der Waals surface area contributed by atoms with Crippen molar-refractivity contribution in [3.63, 3.8) is 0 Å². The molecule has 4 heteroatoms. The van der Waals surface area contributed by atoms with Gasteiger partial charge < -0.3 is 19.7 Å². The molecule has 4 nitrogen and oxygen atoms in total. The van der Waals surface area contributed by atoms with Gasteiger partial charge in [0.1, 0.15) is 12.2 Å². The van der Waals surface area contributed by atoms with Gasteiger partial charge >= 0.3 is 0 Å². The third-order valence-electron chi connectivity index (χ3n) is 1.34. The number of aliphatic hydroxyl groups is 2. The summed E-state index contributed by atoms with van der Waals surface area (Å²) in [6, 6.07) is 0. The van der Waals surface area contributed by atoms with Crippen LogP contribution in [0.1, 0.15) is 0 Å². The van der Waals surface area contributed by atoms with E-state index >= 15 is 0 Å². The Bertz CT molecular complexity index is 95.0. The van der Waals surface area contributed by atoms with Crippen LogP contribution in [-0.2, 0) is 9.47 Å². The monoisotopic (exact) mass is 134 g/mol. The summed E-state index contributed by atoms with van der Waals surface area (Å²) in [5.41, 5.74) is 0. The first-order valence-electron chi connectivity index (χ1n) is 2.76. The van der Waals surface area contributed by atoms with Crippen LogP contribution in [0.25, 0.3) is 0 Å². The van der Waals surface area contributed by atoms with Crippen LogP contribution in [-0.4, -0.2) is 42.4 Å². The van der Waals surface area contributed by atoms with E-state index in [0.29, 0.717) is 0 Å². The lowest BCUT2D eigenvalue weighted by Gasteiger charge is -2.11. The predicted octanol–water partition coefficient (Wildman–Crippen LogP) is -1.29. The highest BCUT2D eigenvalue weighted by molar-refractivity contribution is 4.76. The largest absolute Gasteiger partial charge is 0.388 e. The molecule has 1 heterocycles. The van der Waals surface area contributed by atoms with Crippen LogP contribution in [0.3, 0.4) is 0 Å². The third kappa shape index (κ3) is 1.21. The molecule has 1 saturated heterocycles. The first-order valence-corrected chi connectivity index (χ1v) is 2.76. The van der Waals surface area contributed by atoms with Crippen molar-refractivity contribution in [2.45, 2.75) is 18.5 Å². The van der Waals surface area contributed by atoms with E-state index < -0.39 is 18.5 Å². The summed E-state index contributed by atoms with van der Waals surface area (Å²) < 4.78 is 9.47. The molecule has 1 aliphatic heterocycles. The maximum absolute atomic E-state index is 8.96. The Morgan fingerprint density at radius 3 is 2.44 bits per heavy atom. The minimum Gasteiger partial charge on any atom is -0.388 e. The molecule has 54 valence electrons. The summed E-state index contributed by atoms with van der Waals surface area (Å²) in [6.45, 7) is 0.152. The van der Waals surface area contributed by atoms with Crippen molar-refractivity contribution < 1.29 is 19.7 Å². The molecule has 0 aromatic heterocycles. The first kappa shape index (κ1) is 6.95. The Morgan fingerprint density at radius 1 is 1.56 bits per heavy atom. The van der Waals surface area contributed by atoms with Gasteiger partial charge in [-0.3, -0.25) is 0 Å². The SMILES string of the molecule is CO[C@@H]1OC[C@@H](O)[C@H]1O. The molecule has 0 aromatic rings. The average Bonchev–Trinajstić information content (AvgIpc) is 2.15. The van der Waals surface area contributed by atoms with E-state index in [2.05, 4.69) is 4.74 Å². The van der Waals surface area contributed by atoms with Crippen LogP contribution < -0.4 is 0 Å². The summed E-state index contributed by atoms with van der Waals surface area (Å²) >= 11 is 0. The van der Waals surface area contributed by atoms with Crippen molar-refractivity contribution in [1.82, 2.24) is 0 Å². The molecule has 0 spiro atoms. The van der Waals surface area contributed by atoms with Crippen LogP contribution in [0.15, 0.2) is 0 Å². The maximum atomic E-state index is 8.96. The fourth-order valence-corrected chi connectivity index (χ4v) is 0.779. The molecule has 9 heavy (non-hydrogen) atoms. The van der Waals surface area contributed by atoms with Gasteiger partial charge in [-0.1, -0.05) is 0 Å². The highest BCUT2D eigenvalue weighted by atomic mass is 16.7. The second-order valence-corrected chi connectivity index (χ2v) is 2.00. The van der Waals surface area contributed by atoms with Gasteiger partial charge in [0.05, 0.1) is 6.61 Å². The fraction of sp³-hybridized carbons (Fsp3) is 1.00. The number of methoxy groups -OCH3 is 1. The Hall–Kier alpha value is -0.160. The van der Waals surface area contributed by atoms with Crippen LogP contribution in [0, 0.1) is 0 Å². The minimum absolute atomic E-state index is 0.152. The summed E-state index contributed by atoms with van der Waals surface area (Å²) in [4.78, 5) is 0. The molecule has 0 aliphatic carbocycles. The lowest BCUT2D eigenvalue weighted by molar-refractivity contribution is -0.134. The van der Waals surface area contributed by atoms with Gasteiger partial charge in [0.15, 0.2) is 6.29 Å². The van der Waals surface area contributed by atoms with Crippen molar-refractivity contribution in [2.24, 2.45) is 0 Å². The number of ether oxygens (including phenoxy) is 2. The van der Waals surface area contributed by atoms with Crippen molar-refractivity contribution in [2.75, 3.05) is 13.7 Å². The normalized spacial score (nSPS) is 43.7. The Kier molecular flexibility index (Phi) is 2.02. The number of aliphatic hydroxyl groups excluding tert-OH is 2. The maximum Gasteiger partial charge on any atom is 0.185 e. The number of hydrogen-bond acceptors (Lipinski definition) is 4. The molecule has 0 bridgehead atoms. The van der Waals surface area contributed by atoms with E-state index in [-0.39, 0.29) is 6.61 Å². The number of rotatable bonds is 1. The van der Waals surface area contributed by atoms with Gasteiger partial charge in [-0.05, 0) is 0 Å². The van der Waals surface area contributed by atoms with Gasteiger partial charge in [-0.25, -0.2) is 0 Å². The molecule has 0 saturated carbocycles. The molecule has 0 unspecified atom stereocenters. The van der Waals surface area contributed by atoms with Gasteiger partial charge in [0.25, 0.3) is 0 Å². The molecule has 2 N–H and O–H groups in total. The molecule has 0 amide bonds. The average molecular weight is 134 g/mol. The summed E-state index contributed by atoms with van der Waals surface area (Å²) in [5, 5.41) is 17.8. The third-order valence-corrected chi connectivity index (χ3v) is 1.34. The zero-order chi connectivity index (χ0) is 6.85.